The molecule has 2 N–H and O–H groups in total. The Morgan fingerprint density at radius 1 is 1.25 bits per heavy atom. The average Bonchev–Trinajstić information content (AvgIpc) is 2.64. The Kier molecular flexibility index (Phi) is 3.26. The summed E-state index contributed by atoms with van der Waals surface area (Å²) in [6, 6.07) is 5.86. The number of pyridine rings is 1. The zero-order chi connectivity index (χ0) is 11.4. The third-order valence-electron chi connectivity index (χ3n) is 2.49. The van der Waals surface area contributed by atoms with Crippen molar-refractivity contribution in [1.29, 1.82) is 0 Å². The van der Waals surface area contributed by atoms with E-state index in [-0.39, 0.29) is 0 Å². The molecule has 2 rings (SSSR count). The zero-order valence-electron chi connectivity index (χ0n) is 9.30. The molecule has 2 aromatic heterocycles. The molecule has 0 amide bonds. The lowest BCUT2D eigenvalue weighted by atomic mass is 10.2. The summed E-state index contributed by atoms with van der Waals surface area (Å²) in [4.78, 5) is 4.26. The minimum absolute atomic E-state index is 0.593. The Labute approximate surface area is 94.3 Å². The molecule has 2 aromatic rings. The van der Waals surface area contributed by atoms with Crippen LogP contribution in [0.4, 0.5) is 0 Å². The molecule has 16 heavy (non-hydrogen) atoms. The lowest BCUT2D eigenvalue weighted by molar-refractivity contribution is 0.745. The van der Waals surface area contributed by atoms with Gasteiger partial charge in [-0.1, -0.05) is 6.07 Å². The summed E-state index contributed by atoms with van der Waals surface area (Å²) in [7, 11) is 1.96. The van der Waals surface area contributed by atoms with Gasteiger partial charge in [-0.15, -0.1) is 10.2 Å². The lowest BCUT2D eigenvalue weighted by Gasteiger charge is -2.02. The Balaban J connectivity index is 2.16. The van der Waals surface area contributed by atoms with Gasteiger partial charge in [0.2, 0.25) is 0 Å². The van der Waals surface area contributed by atoms with E-state index < -0.39 is 0 Å². The van der Waals surface area contributed by atoms with Crippen LogP contribution in [0.15, 0.2) is 24.4 Å². The van der Waals surface area contributed by atoms with Crippen molar-refractivity contribution in [2.24, 2.45) is 12.8 Å². The highest BCUT2D eigenvalue weighted by atomic mass is 15.3. The summed E-state index contributed by atoms with van der Waals surface area (Å²) >= 11 is 0. The van der Waals surface area contributed by atoms with E-state index in [1.54, 1.807) is 6.20 Å². The van der Waals surface area contributed by atoms with Gasteiger partial charge in [0.25, 0.3) is 0 Å². The van der Waals surface area contributed by atoms with Gasteiger partial charge in [0.05, 0.1) is 6.42 Å². The fourth-order valence-corrected chi connectivity index (χ4v) is 1.56. The first kappa shape index (κ1) is 10.8. The van der Waals surface area contributed by atoms with Gasteiger partial charge in [-0.05, 0) is 18.7 Å². The molecule has 0 aromatic carbocycles. The van der Waals surface area contributed by atoms with Crippen molar-refractivity contribution in [1.82, 2.24) is 19.7 Å². The standard InChI is InChI=1S/C11H15N5/c1-16-10(5-6-12)14-15-11(16)8-9-4-2-3-7-13-9/h2-4,7H,5-6,8,12H2,1H3. The molecule has 5 heteroatoms. The van der Waals surface area contributed by atoms with Crippen LogP contribution in [-0.4, -0.2) is 26.3 Å². The fraction of sp³-hybridized carbons (Fsp3) is 0.364. The SMILES string of the molecule is Cn1c(CCN)nnc1Cc1ccccn1. The van der Waals surface area contributed by atoms with Crippen LogP contribution >= 0.6 is 0 Å². The summed E-state index contributed by atoms with van der Waals surface area (Å²) in [5.74, 6) is 1.84. The minimum atomic E-state index is 0.593. The van der Waals surface area contributed by atoms with Crippen LogP contribution in [0.5, 0.6) is 0 Å². The van der Waals surface area contributed by atoms with Crippen LogP contribution in [-0.2, 0) is 19.9 Å². The smallest absolute Gasteiger partial charge is 0.138 e. The van der Waals surface area contributed by atoms with Gasteiger partial charge in [0.15, 0.2) is 0 Å². The number of hydrogen-bond donors (Lipinski definition) is 1. The van der Waals surface area contributed by atoms with Crippen LogP contribution in [0.1, 0.15) is 17.3 Å². The molecule has 0 radical (unpaired) electrons. The van der Waals surface area contributed by atoms with Gasteiger partial charge in [-0.3, -0.25) is 4.98 Å². The number of nitrogens with two attached hydrogens (primary N) is 1. The molecular formula is C11H15N5. The molecule has 0 unspecified atom stereocenters. The number of hydrogen-bond acceptors (Lipinski definition) is 4. The number of nitrogens with zero attached hydrogens (tertiary/aromatic N) is 4. The Bertz CT molecular complexity index is 449. The Hall–Kier alpha value is -1.75. The Morgan fingerprint density at radius 3 is 2.75 bits per heavy atom. The van der Waals surface area contributed by atoms with Crippen LogP contribution in [0, 0.1) is 0 Å². The predicted molar refractivity (Wildman–Crippen MR) is 60.8 cm³/mol. The first-order valence-electron chi connectivity index (χ1n) is 5.28. The second-order valence-corrected chi connectivity index (χ2v) is 3.63. The summed E-state index contributed by atoms with van der Waals surface area (Å²) in [6.45, 7) is 0.593. The molecule has 0 aliphatic rings. The van der Waals surface area contributed by atoms with Gasteiger partial charge < -0.3 is 10.3 Å². The van der Waals surface area contributed by atoms with Gasteiger partial charge in [0.1, 0.15) is 11.6 Å². The van der Waals surface area contributed by atoms with Crippen molar-refractivity contribution in [3.63, 3.8) is 0 Å². The predicted octanol–water partition coefficient (Wildman–Crippen LogP) is 0.302. The third-order valence-corrected chi connectivity index (χ3v) is 2.49. The summed E-state index contributed by atoms with van der Waals surface area (Å²) in [5, 5.41) is 8.25. The second kappa shape index (κ2) is 4.85. The van der Waals surface area contributed by atoms with E-state index >= 15 is 0 Å². The van der Waals surface area contributed by atoms with Crippen molar-refractivity contribution < 1.29 is 0 Å². The van der Waals surface area contributed by atoms with Crippen molar-refractivity contribution in [2.45, 2.75) is 12.8 Å². The van der Waals surface area contributed by atoms with Crippen molar-refractivity contribution in [2.75, 3.05) is 6.54 Å². The molecule has 0 saturated carbocycles. The monoisotopic (exact) mass is 217 g/mol. The summed E-state index contributed by atoms with van der Waals surface area (Å²) in [6.07, 6.45) is 3.24. The molecule has 0 spiro atoms. The van der Waals surface area contributed by atoms with E-state index in [2.05, 4.69) is 15.2 Å². The first-order chi connectivity index (χ1) is 7.81. The highest BCUT2D eigenvalue weighted by molar-refractivity contribution is 5.10. The zero-order valence-corrected chi connectivity index (χ0v) is 9.30. The van der Waals surface area contributed by atoms with Crippen molar-refractivity contribution in [3.05, 3.63) is 41.7 Å². The van der Waals surface area contributed by atoms with Crippen LogP contribution in [0.2, 0.25) is 0 Å². The van der Waals surface area contributed by atoms with Gasteiger partial charge in [-0.25, -0.2) is 0 Å². The van der Waals surface area contributed by atoms with E-state index in [4.69, 9.17) is 5.73 Å². The molecule has 0 fully saturated rings. The van der Waals surface area contributed by atoms with Crippen LogP contribution < -0.4 is 5.73 Å². The van der Waals surface area contributed by atoms with E-state index in [0.29, 0.717) is 13.0 Å². The van der Waals surface area contributed by atoms with E-state index in [9.17, 15) is 0 Å². The molecule has 5 nitrogen and oxygen atoms in total. The molecule has 0 aliphatic heterocycles. The quantitative estimate of drug-likeness (QED) is 0.799. The highest BCUT2D eigenvalue weighted by Gasteiger charge is 2.08. The van der Waals surface area contributed by atoms with E-state index in [0.717, 1.165) is 23.8 Å². The topological polar surface area (TPSA) is 69.6 Å². The highest BCUT2D eigenvalue weighted by Crippen LogP contribution is 2.05. The maximum atomic E-state index is 5.50. The molecular weight excluding hydrogens is 202 g/mol. The summed E-state index contributed by atoms with van der Waals surface area (Å²) in [5.41, 5.74) is 6.50. The van der Waals surface area contributed by atoms with E-state index in [1.807, 2.05) is 29.8 Å². The van der Waals surface area contributed by atoms with E-state index in [1.165, 1.54) is 0 Å². The fourth-order valence-electron chi connectivity index (χ4n) is 1.56. The number of aromatic nitrogens is 4. The van der Waals surface area contributed by atoms with Gasteiger partial charge >= 0.3 is 0 Å². The normalized spacial score (nSPS) is 10.6. The number of rotatable bonds is 4. The molecule has 2 heterocycles. The molecule has 0 aliphatic carbocycles. The second-order valence-electron chi connectivity index (χ2n) is 3.63. The van der Waals surface area contributed by atoms with Crippen LogP contribution in [0.3, 0.4) is 0 Å². The minimum Gasteiger partial charge on any atom is -0.330 e. The maximum absolute atomic E-state index is 5.50. The molecule has 0 saturated heterocycles. The molecule has 0 atom stereocenters. The first-order valence-corrected chi connectivity index (χ1v) is 5.28. The van der Waals surface area contributed by atoms with Gasteiger partial charge in [-0.2, -0.15) is 0 Å². The molecule has 84 valence electrons. The summed E-state index contributed by atoms with van der Waals surface area (Å²) < 4.78 is 1.99. The lowest BCUT2D eigenvalue weighted by Crippen LogP contribution is -2.09. The average molecular weight is 217 g/mol. The van der Waals surface area contributed by atoms with Gasteiger partial charge in [0, 0.05) is 25.4 Å². The Morgan fingerprint density at radius 2 is 2.06 bits per heavy atom. The third kappa shape index (κ3) is 2.25. The maximum Gasteiger partial charge on any atom is 0.138 e. The van der Waals surface area contributed by atoms with Crippen molar-refractivity contribution >= 4 is 0 Å². The van der Waals surface area contributed by atoms with Crippen molar-refractivity contribution in [3.8, 4) is 0 Å². The van der Waals surface area contributed by atoms with Crippen LogP contribution in [0.25, 0.3) is 0 Å². The molecule has 0 bridgehead atoms. The largest absolute Gasteiger partial charge is 0.330 e.